The fourth-order valence-corrected chi connectivity index (χ4v) is 7.07. The van der Waals surface area contributed by atoms with E-state index in [1.807, 2.05) is 56.3 Å². The van der Waals surface area contributed by atoms with Crippen LogP contribution in [0.5, 0.6) is 11.5 Å². The SMILES string of the molecule is CCOC(=O)C1=C(C)N=c2s/c(=C/c3c(C)n(Cc4ccc(F)cc4)c4ccccc34)c(=O)n2[C@H]1c1cccc(OC)c1OCC. The number of halogens is 1. The van der Waals surface area contributed by atoms with Crippen molar-refractivity contribution in [1.29, 1.82) is 0 Å². The number of thiazole rings is 1. The number of allylic oxidation sites excluding steroid dienone is 1. The highest BCUT2D eigenvalue weighted by atomic mass is 32.1. The zero-order valence-corrected chi connectivity index (χ0v) is 27.1. The van der Waals surface area contributed by atoms with Gasteiger partial charge in [-0.05, 0) is 63.6 Å². The van der Waals surface area contributed by atoms with Gasteiger partial charge in [0.1, 0.15) is 11.9 Å². The maximum Gasteiger partial charge on any atom is 0.338 e. The van der Waals surface area contributed by atoms with Gasteiger partial charge in [0.05, 0.1) is 36.1 Å². The Balaban J connectivity index is 1.57. The molecule has 0 spiro atoms. The van der Waals surface area contributed by atoms with E-state index >= 15 is 0 Å². The average Bonchev–Trinajstić information content (AvgIpc) is 3.50. The molecule has 3 heterocycles. The molecule has 0 unspecified atom stereocenters. The molecular weight excluding hydrogens is 605 g/mol. The van der Waals surface area contributed by atoms with E-state index in [9.17, 15) is 14.0 Å². The first-order chi connectivity index (χ1) is 22.3. The third-order valence-corrected chi connectivity index (χ3v) is 9.12. The smallest absolute Gasteiger partial charge is 0.338 e. The van der Waals surface area contributed by atoms with Crippen molar-refractivity contribution >= 4 is 34.3 Å². The first-order valence-corrected chi connectivity index (χ1v) is 15.9. The average molecular weight is 640 g/mol. The molecule has 6 rings (SSSR count). The molecule has 3 aromatic carbocycles. The van der Waals surface area contributed by atoms with Gasteiger partial charge in [-0.15, -0.1) is 0 Å². The third kappa shape index (κ3) is 5.43. The molecule has 0 amide bonds. The van der Waals surface area contributed by atoms with Gasteiger partial charge in [0, 0.05) is 34.3 Å². The Hall–Kier alpha value is -4.96. The molecule has 0 saturated heterocycles. The summed E-state index contributed by atoms with van der Waals surface area (Å²) in [7, 11) is 1.55. The minimum Gasteiger partial charge on any atom is -0.493 e. The van der Waals surface area contributed by atoms with E-state index in [1.54, 1.807) is 43.7 Å². The first-order valence-electron chi connectivity index (χ1n) is 15.1. The van der Waals surface area contributed by atoms with Crippen molar-refractivity contribution < 1.29 is 23.4 Å². The van der Waals surface area contributed by atoms with Crippen LogP contribution in [0.25, 0.3) is 17.0 Å². The Kier molecular flexibility index (Phi) is 8.64. The fourth-order valence-electron chi connectivity index (χ4n) is 6.04. The molecule has 5 aromatic rings. The van der Waals surface area contributed by atoms with Crippen molar-refractivity contribution in [3.63, 3.8) is 0 Å². The summed E-state index contributed by atoms with van der Waals surface area (Å²) in [5.74, 6) is 0.107. The number of hydrogen-bond donors (Lipinski definition) is 0. The molecule has 1 aliphatic rings. The molecule has 0 fully saturated rings. The number of hydrogen-bond acceptors (Lipinski definition) is 7. The van der Waals surface area contributed by atoms with Gasteiger partial charge in [0.25, 0.3) is 5.56 Å². The van der Waals surface area contributed by atoms with Gasteiger partial charge in [0.2, 0.25) is 0 Å². The number of benzene rings is 3. The topological polar surface area (TPSA) is 84.1 Å². The molecule has 8 nitrogen and oxygen atoms in total. The fraction of sp³-hybridized carbons (Fsp3) is 0.250. The zero-order chi connectivity index (χ0) is 32.5. The number of nitrogens with zero attached hydrogens (tertiary/aromatic N) is 3. The zero-order valence-electron chi connectivity index (χ0n) is 26.3. The number of esters is 1. The summed E-state index contributed by atoms with van der Waals surface area (Å²) in [6, 6.07) is 19.1. The molecule has 10 heteroatoms. The van der Waals surface area contributed by atoms with Crippen molar-refractivity contribution in [2.24, 2.45) is 4.99 Å². The summed E-state index contributed by atoms with van der Waals surface area (Å²) in [6.45, 7) is 8.44. The lowest BCUT2D eigenvalue weighted by Gasteiger charge is -2.26. The van der Waals surface area contributed by atoms with Crippen LogP contribution < -0.4 is 24.4 Å². The maximum absolute atomic E-state index is 14.4. The van der Waals surface area contributed by atoms with Gasteiger partial charge in [-0.25, -0.2) is 14.2 Å². The molecule has 0 N–H and O–H groups in total. The lowest BCUT2D eigenvalue weighted by atomic mass is 9.94. The highest BCUT2D eigenvalue weighted by molar-refractivity contribution is 7.07. The number of fused-ring (bicyclic) bond motifs is 2. The second-order valence-electron chi connectivity index (χ2n) is 10.8. The van der Waals surface area contributed by atoms with Crippen LogP contribution in [0.4, 0.5) is 4.39 Å². The minimum atomic E-state index is -0.852. The summed E-state index contributed by atoms with van der Waals surface area (Å²) in [5, 5.41) is 0.985. The van der Waals surface area contributed by atoms with E-state index in [1.165, 1.54) is 23.5 Å². The minimum absolute atomic E-state index is 0.171. The number of carbonyl (C=O) groups is 1. The van der Waals surface area contributed by atoms with Crippen LogP contribution in [-0.2, 0) is 16.1 Å². The molecule has 236 valence electrons. The molecule has 1 atom stereocenters. The number of carbonyl (C=O) groups excluding carboxylic acids is 1. The third-order valence-electron chi connectivity index (χ3n) is 8.14. The van der Waals surface area contributed by atoms with Crippen LogP contribution in [0.15, 0.2) is 87.8 Å². The molecule has 0 aliphatic carbocycles. The van der Waals surface area contributed by atoms with Crippen molar-refractivity contribution in [2.75, 3.05) is 20.3 Å². The summed E-state index contributed by atoms with van der Waals surface area (Å²) < 4.78 is 34.9. The normalized spacial score (nSPS) is 14.7. The van der Waals surface area contributed by atoms with E-state index in [0.29, 0.717) is 45.2 Å². The quantitative estimate of drug-likeness (QED) is 0.195. The van der Waals surface area contributed by atoms with Gasteiger partial charge in [0.15, 0.2) is 16.3 Å². The summed E-state index contributed by atoms with van der Waals surface area (Å²) in [5.41, 5.74) is 4.86. The molecule has 0 radical (unpaired) electrons. The molecule has 46 heavy (non-hydrogen) atoms. The highest BCUT2D eigenvalue weighted by Crippen LogP contribution is 2.41. The Morgan fingerprint density at radius 1 is 1.02 bits per heavy atom. The lowest BCUT2D eigenvalue weighted by molar-refractivity contribution is -0.139. The van der Waals surface area contributed by atoms with E-state index < -0.39 is 12.0 Å². The summed E-state index contributed by atoms with van der Waals surface area (Å²) >= 11 is 1.27. The number of ether oxygens (including phenoxy) is 3. The van der Waals surface area contributed by atoms with E-state index in [0.717, 1.165) is 27.7 Å². The van der Waals surface area contributed by atoms with Gasteiger partial charge in [-0.2, -0.15) is 0 Å². The van der Waals surface area contributed by atoms with Crippen LogP contribution in [0.2, 0.25) is 0 Å². The summed E-state index contributed by atoms with van der Waals surface area (Å²) in [6.07, 6.45) is 1.90. The molecular formula is C36H34FN3O5S. The lowest BCUT2D eigenvalue weighted by Crippen LogP contribution is -2.40. The predicted octanol–water partition coefficient (Wildman–Crippen LogP) is 5.66. The van der Waals surface area contributed by atoms with Gasteiger partial charge >= 0.3 is 5.97 Å². The van der Waals surface area contributed by atoms with Crippen LogP contribution >= 0.6 is 11.3 Å². The van der Waals surface area contributed by atoms with Crippen molar-refractivity contribution in [3.05, 3.63) is 126 Å². The van der Waals surface area contributed by atoms with Gasteiger partial charge < -0.3 is 18.8 Å². The second kappa shape index (κ2) is 12.8. The number of methoxy groups -OCH3 is 1. The number of para-hydroxylation sites is 2. The Labute approximate surface area is 269 Å². The second-order valence-corrected chi connectivity index (χ2v) is 11.9. The molecule has 2 aromatic heterocycles. The van der Waals surface area contributed by atoms with Crippen LogP contribution in [0.3, 0.4) is 0 Å². The van der Waals surface area contributed by atoms with Crippen molar-refractivity contribution in [3.8, 4) is 11.5 Å². The van der Waals surface area contributed by atoms with E-state index in [-0.39, 0.29) is 23.6 Å². The Morgan fingerprint density at radius 2 is 1.78 bits per heavy atom. The monoisotopic (exact) mass is 639 g/mol. The standard InChI is InChI=1S/C36H34FN3O5S/c1-6-44-33-26(12-10-14-29(33)43-5)32-31(35(42)45-7-2)21(3)38-36-40(32)34(41)30(46-36)19-27-22(4)39(28-13-9-8-11-25(27)28)20-23-15-17-24(37)18-16-23/h8-19,32H,6-7,20H2,1-5H3/b30-19+/t32-/m0/s1. The summed E-state index contributed by atoms with van der Waals surface area (Å²) in [4.78, 5) is 33.1. The predicted molar refractivity (Wildman–Crippen MR) is 177 cm³/mol. The largest absolute Gasteiger partial charge is 0.493 e. The van der Waals surface area contributed by atoms with Crippen LogP contribution in [-0.4, -0.2) is 35.4 Å². The number of rotatable bonds is 9. The molecule has 1 aliphatic heterocycles. The van der Waals surface area contributed by atoms with Gasteiger partial charge in [-0.3, -0.25) is 9.36 Å². The number of aromatic nitrogens is 2. The first kappa shape index (κ1) is 31.0. The van der Waals surface area contributed by atoms with E-state index in [4.69, 9.17) is 19.2 Å². The van der Waals surface area contributed by atoms with Gasteiger partial charge in [-0.1, -0.05) is 53.8 Å². The van der Waals surface area contributed by atoms with Crippen molar-refractivity contribution in [2.45, 2.75) is 40.3 Å². The van der Waals surface area contributed by atoms with E-state index in [2.05, 4.69) is 4.57 Å². The maximum atomic E-state index is 14.4. The Bertz CT molecular complexity index is 2180. The van der Waals surface area contributed by atoms with Crippen LogP contribution in [0.1, 0.15) is 49.2 Å². The highest BCUT2D eigenvalue weighted by Gasteiger charge is 2.36. The molecule has 0 saturated carbocycles. The molecule has 0 bridgehead atoms. The Morgan fingerprint density at radius 3 is 2.50 bits per heavy atom. The van der Waals surface area contributed by atoms with Crippen molar-refractivity contribution in [1.82, 2.24) is 9.13 Å². The van der Waals surface area contributed by atoms with Crippen LogP contribution in [0, 0.1) is 12.7 Å².